The number of nitrogens with one attached hydrogen (secondary N) is 2. The molecule has 1 aromatic carbocycles. The van der Waals surface area contributed by atoms with Gasteiger partial charge in [0.1, 0.15) is 35.1 Å². The predicted octanol–water partition coefficient (Wildman–Crippen LogP) is 3.79. The zero-order valence-electron chi connectivity index (χ0n) is 15.8. The summed E-state index contributed by atoms with van der Waals surface area (Å²) in [4.78, 5) is 22.8. The van der Waals surface area contributed by atoms with E-state index in [0.29, 0.717) is 41.7 Å². The third-order valence-corrected chi connectivity index (χ3v) is 5.15. The summed E-state index contributed by atoms with van der Waals surface area (Å²) in [5.74, 6) is 1.77. The number of hydrogen-bond donors (Lipinski definition) is 2. The number of halogens is 2. The van der Waals surface area contributed by atoms with Gasteiger partial charge in [-0.2, -0.15) is 0 Å². The average Bonchev–Trinajstić information content (AvgIpc) is 3.19. The summed E-state index contributed by atoms with van der Waals surface area (Å²) in [6.45, 7) is 2.89. The van der Waals surface area contributed by atoms with Crippen molar-refractivity contribution in [2.45, 2.75) is 0 Å². The summed E-state index contributed by atoms with van der Waals surface area (Å²) in [6, 6.07) is 8.15. The molecule has 1 aliphatic rings. The summed E-state index contributed by atoms with van der Waals surface area (Å²) < 4.78 is 19.7. The van der Waals surface area contributed by atoms with E-state index >= 15 is 0 Å². The highest BCUT2D eigenvalue weighted by Gasteiger charge is 2.17. The van der Waals surface area contributed by atoms with Gasteiger partial charge in [-0.25, -0.2) is 24.3 Å². The predicted molar refractivity (Wildman–Crippen MR) is 113 cm³/mol. The molecule has 0 aliphatic carbocycles. The number of anilines is 3. The molecule has 4 heterocycles. The molecule has 4 aromatic rings. The number of fused-ring (bicyclic) bond motifs is 1. The number of benzene rings is 1. The van der Waals surface area contributed by atoms with Gasteiger partial charge in [-0.15, -0.1) is 0 Å². The van der Waals surface area contributed by atoms with Gasteiger partial charge in [0.2, 0.25) is 0 Å². The fraction of sp³-hybridized carbons (Fsp3) is 0.200. The first kappa shape index (κ1) is 18.7. The minimum Gasteiger partial charge on any atom is -0.378 e. The summed E-state index contributed by atoms with van der Waals surface area (Å²) >= 11 is 6.19. The second-order valence-corrected chi connectivity index (χ2v) is 7.13. The van der Waals surface area contributed by atoms with Crippen molar-refractivity contribution in [2.75, 3.05) is 36.5 Å². The first-order chi connectivity index (χ1) is 14.7. The van der Waals surface area contributed by atoms with Crippen LogP contribution in [-0.4, -0.2) is 51.2 Å². The Kier molecular flexibility index (Phi) is 4.89. The highest BCUT2D eigenvalue weighted by atomic mass is 35.5. The highest BCUT2D eigenvalue weighted by molar-refractivity contribution is 6.33. The molecule has 3 aromatic heterocycles. The van der Waals surface area contributed by atoms with Crippen LogP contribution in [0.5, 0.6) is 0 Å². The van der Waals surface area contributed by atoms with Crippen LogP contribution in [0.15, 0.2) is 42.9 Å². The minimum absolute atomic E-state index is 0.220. The Morgan fingerprint density at radius 3 is 2.83 bits per heavy atom. The summed E-state index contributed by atoms with van der Waals surface area (Å²) in [5, 5.41) is 3.47. The topological polar surface area (TPSA) is 91.8 Å². The van der Waals surface area contributed by atoms with Crippen LogP contribution < -0.4 is 10.2 Å². The number of rotatable bonds is 4. The molecule has 1 saturated heterocycles. The SMILES string of the molecule is Fc1cccc(Cl)c1-c1nc2c(Nc3cc(N4CCOCC4)ncn3)nccc2[nH]1. The second-order valence-electron chi connectivity index (χ2n) is 6.72. The fourth-order valence-corrected chi connectivity index (χ4v) is 3.62. The van der Waals surface area contributed by atoms with Gasteiger partial charge in [0.25, 0.3) is 0 Å². The van der Waals surface area contributed by atoms with Gasteiger partial charge in [-0.3, -0.25) is 0 Å². The van der Waals surface area contributed by atoms with Gasteiger partial charge in [0.05, 0.1) is 29.3 Å². The van der Waals surface area contributed by atoms with E-state index in [4.69, 9.17) is 16.3 Å². The number of aromatic amines is 1. The minimum atomic E-state index is -0.449. The molecule has 0 unspecified atom stereocenters. The first-order valence-electron chi connectivity index (χ1n) is 9.40. The zero-order chi connectivity index (χ0) is 20.5. The van der Waals surface area contributed by atoms with Crippen LogP contribution >= 0.6 is 11.6 Å². The van der Waals surface area contributed by atoms with Gasteiger partial charge < -0.3 is 19.9 Å². The lowest BCUT2D eigenvalue weighted by molar-refractivity contribution is 0.122. The van der Waals surface area contributed by atoms with Crippen molar-refractivity contribution in [3.63, 3.8) is 0 Å². The Hall–Kier alpha value is -3.30. The van der Waals surface area contributed by atoms with Crippen LogP contribution in [-0.2, 0) is 4.74 Å². The van der Waals surface area contributed by atoms with E-state index in [1.165, 1.54) is 12.4 Å². The Balaban J connectivity index is 1.49. The van der Waals surface area contributed by atoms with Gasteiger partial charge in [0.15, 0.2) is 5.82 Å². The van der Waals surface area contributed by atoms with E-state index < -0.39 is 5.82 Å². The lowest BCUT2D eigenvalue weighted by atomic mass is 10.2. The average molecular weight is 426 g/mol. The Labute approximate surface area is 176 Å². The number of hydrogen-bond acceptors (Lipinski definition) is 7. The maximum absolute atomic E-state index is 14.3. The number of pyridine rings is 1. The molecule has 152 valence electrons. The smallest absolute Gasteiger partial charge is 0.159 e. The number of morpholine rings is 1. The van der Waals surface area contributed by atoms with E-state index in [0.717, 1.165) is 18.9 Å². The van der Waals surface area contributed by atoms with Gasteiger partial charge in [-0.05, 0) is 18.2 Å². The third kappa shape index (κ3) is 3.53. The summed E-state index contributed by atoms with van der Waals surface area (Å²) in [6.07, 6.45) is 3.14. The molecule has 5 rings (SSSR count). The summed E-state index contributed by atoms with van der Waals surface area (Å²) in [7, 11) is 0. The van der Waals surface area contributed by atoms with E-state index in [1.807, 2.05) is 6.07 Å². The van der Waals surface area contributed by atoms with E-state index in [9.17, 15) is 4.39 Å². The maximum Gasteiger partial charge on any atom is 0.159 e. The molecule has 0 bridgehead atoms. The standard InChI is InChI=1S/C20H17ClFN7O/c21-12-2-1-3-13(22)17(12)19-26-14-4-5-23-20(18(14)28-19)27-15-10-16(25-11-24-15)29-6-8-30-9-7-29/h1-5,10-11H,6-9H2,(H,26,28)(H,23,24,25,27). The van der Waals surface area contributed by atoms with Crippen molar-refractivity contribution < 1.29 is 9.13 Å². The van der Waals surface area contributed by atoms with Crippen LogP contribution in [0.25, 0.3) is 22.4 Å². The molecule has 0 spiro atoms. The lowest BCUT2D eigenvalue weighted by Crippen LogP contribution is -2.36. The third-order valence-electron chi connectivity index (χ3n) is 4.83. The van der Waals surface area contributed by atoms with Crippen molar-refractivity contribution in [1.82, 2.24) is 24.9 Å². The molecule has 0 atom stereocenters. The lowest BCUT2D eigenvalue weighted by Gasteiger charge is -2.27. The monoisotopic (exact) mass is 425 g/mol. The van der Waals surface area contributed by atoms with Crippen LogP contribution in [0, 0.1) is 5.82 Å². The molecule has 2 N–H and O–H groups in total. The largest absolute Gasteiger partial charge is 0.378 e. The molecular formula is C20H17ClFN7O. The normalized spacial score (nSPS) is 14.3. The van der Waals surface area contributed by atoms with Crippen LogP contribution in [0.2, 0.25) is 5.02 Å². The molecule has 1 aliphatic heterocycles. The van der Waals surface area contributed by atoms with Crippen molar-refractivity contribution in [1.29, 1.82) is 0 Å². The molecule has 0 radical (unpaired) electrons. The van der Waals surface area contributed by atoms with Crippen LogP contribution in [0.3, 0.4) is 0 Å². The number of imidazole rings is 1. The van der Waals surface area contributed by atoms with Crippen molar-refractivity contribution in [3.05, 3.63) is 53.7 Å². The first-order valence-corrected chi connectivity index (χ1v) is 9.78. The molecule has 0 saturated carbocycles. The highest BCUT2D eigenvalue weighted by Crippen LogP contribution is 2.32. The number of nitrogens with zero attached hydrogens (tertiary/aromatic N) is 5. The van der Waals surface area contributed by atoms with Crippen molar-refractivity contribution >= 4 is 40.1 Å². The van der Waals surface area contributed by atoms with Gasteiger partial charge >= 0.3 is 0 Å². The molecular weight excluding hydrogens is 409 g/mol. The van der Waals surface area contributed by atoms with Crippen molar-refractivity contribution in [3.8, 4) is 11.4 Å². The number of aromatic nitrogens is 5. The van der Waals surface area contributed by atoms with Crippen molar-refractivity contribution in [2.24, 2.45) is 0 Å². The molecule has 30 heavy (non-hydrogen) atoms. The Morgan fingerprint density at radius 2 is 2.00 bits per heavy atom. The van der Waals surface area contributed by atoms with E-state index in [-0.39, 0.29) is 10.6 Å². The van der Waals surface area contributed by atoms with Crippen LogP contribution in [0.4, 0.5) is 21.8 Å². The molecule has 10 heteroatoms. The maximum atomic E-state index is 14.3. The Morgan fingerprint density at radius 1 is 1.13 bits per heavy atom. The van der Waals surface area contributed by atoms with E-state index in [1.54, 1.807) is 24.4 Å². The number of H-pyrrole nitrogens is 1. The summed E-state index contributed by atoms with van der Waals surface area (Å²) in [5.41, 5.74) is 1.47. The molecule has 8 nitrogen and oxygen atoms in total. The molecule has 0 amide bonds. The zero-order valence-corrected chi connectivity index (χ0v) is 16.5. The second kappa shape index (κ2) is 7.85. The fourth-order valence-electron chi connectivity index (χ4n) is 3.37. The van der Waals surface area contributed by atoms with Gasteiger partial charge in [-0.1, -0.05) is 17.7 Å². The molecule has 1 fully saturated rings. The quantitative estimate of drug-likeness (QED) is 0.514. The number of ether oxygens (including phenoxy) is 1. The van der Waals surface area contributed by atoms with Gasteiger partial charge in [0, 0.05) is 25.4 Å². The van der Waals surface area contributed by atoms with Crippen LogP contribution in [0.1, 0.15) is 0 Å². The van der Waals surface area contributed by atoms with E-state index in [2.05, 4.69) is 35.1 Å². The Bertz CT molecular complexity index is 1190.